The molecule has 0 fully saturated rings. The van der Waals surface area contributed by atoms with Gasteiger partial charge in [0, 0.05) is 0 Å². The van der Waals surface area contributed by atoms with E-state index in [0.29, 0.717) is 27.8 Å². The number of ether oxygens (including phenoxy) is 1. The number of esters is 2. The van der Waals surface area contributed by atoms with Crippen LogP contribution in [0.5, 0.6) is 0 Å². The number of nitrogens with zero attached hydrogens (tertiary/aromatic N) is 1. The highest BCUT2D eigenvalue weighted by molar-refractivity contribution is 6.21. The molecule has 6 heteroatoms. The molecule has 4 rings (SSSR count). The minimum absolute atomic E-state index is 0.0361. The zero-order valence-electron chi connectivity index (χ0n) is 12.4. The summed E-state index contributed by atoms with van der Waals surface area (Å²) in [6.07, 6.45) is 0.0361. The van der Waals surface area contributed by atoms with Gasteiger partial charge in [-0.1, -0.05) is 24.3 Å². The molecule has 24 heavy (non-hydrogen) atoms. The lowest BCUT2D eigenvalue weighted by molar-refractivity contribution is -0.137. The summed E-state index contributed by atoms with van der Waals surface area (Å²) in [6, 6.07) is 11.6. The summed E-state index contributed by atoms with van der Waals surface area (Å²) in [6.45, 7) is 0.0564. The van der Waals surface area contributed by atoms with Gasteiger partial charge < -0.3 is 4.74 Å². The fraction of sp³-hybridized carbons (Fsp3) is 0.111. The first-order chi connectivity index (χ1) is 11.5. The second-order valence-corrected chi connectivity index (χ2v) is 5.67. The van der Waals surface area contributed by atoms with Crippen molar-refractivity contribution in [3.63, 3.8) is 0 Å². The number of benzene rings is 2. The number of imide groups is 1. The molecule has 0 spiro atoms. The van der Waals surface area contributed by atoms with Gasteiger partial charge in [0.25, 0.3) is 11.8 Å². The van der Waals surface area contributed by atoms with E-state index in [9.17, 15) is 19.2 Å². The van der Waals surface area contributed by atoms with Crippen LogP contribution in [0.1, 0.15) is 42.2 Å². The van der Waals surface area contributed by atoms with Crippen molar-refractivity contribution in [1.29, 1.82) is 0 Å². The molecule has 0 N–H and O–H groups in total. The highest BCUT2D eigenvalue weighted by atomic mass is 16.6. The number of carbonyl (C=O) groups excluding carboxylic acids is 4. The minimum Gasteiger partial charge on any atom is -0.389 e. The molecule has 2 amide bonds. The van der Waals surface area contributed by atoms with Crippen LogP contribution in [0.4, 0.5) is 0 Å². The molecular weight excluding hydrogens is 310 g/mol. The lowest BCUT2D eigenvalue weighted by atomic mass is 9.99. The average Bonchev–Trinajstić information content (AvgIpc) is 2.81. The third kappa shape index (κ3) is 2.11. The number of hydrogen-bond acceptors (Lipinski definition) is 5. The molecule has 6 nitrogen and oxygen atoms in total. The average molecular weight is 321 g/mol. The zero-order chi connectivity index (χ0) is 16.8. The molecule has 2 aliphatic heterocycles. The monoisotopic (exact) mass is 321 g/mol. The summed E-state index contributed by atoms with van der Waals surface area (Å²) in [5, 5.41) is 0. The maximum absolute atomic E-state index is 12.4. The maximum atomic E-state index is 12.4. The van der Waals surface area contributed by atoms with E-state index in [2.05, 4.69) is 4.74 Å². The first kappa shape index (κ1) is 14.3. The van der Waals surface area contributed by atoms with E-state index in [0.717, 1.165) is 4.90 Å². The second-order valence-electron chi connectivity index (χ2n) is 5.67. The van der Waals surface area contributed by atoms with Crippen LogP contribution >= 0.6 is 0 Å². The molecule has 2 aliphatic rings. The first-order valence-electron chi connectivity index (χ1n) is 7.36. The third-order valence-corrected chi connectivity index (χ3v) is 4.15. The molecule has 0 saturated carbocycles. The molecule has 0 saturated heterocycles. The minimum atomic E-state index is -0.703. The Bertz CT molecular complexity index is 896. The summed E-state index contributed by atoms with van der Waals surface area (Å²) in [7, 11) is 0. The third-order valence-electron chi connectivity index (χ3n) is 4.15. The number of rotatable bonds is 2. The van der Waals surface area contributed by atoms with E-state index in [1.165, 1.54) is 0 Å². The smallest absolute Gasteiger partial charge is 0.346 e. The Morgan fingerprint density at radius 1 is 0.875 bits per heavy atom. The van der Waals surface area contributed by atoms with Crippen LogP contribution < -0.4 is 0 Å². The van der Waals surface area contributed by atoms with Crippen molar-refractivity contribution in [3.05, 3.63) is 70.3 Å². The maximum Gasteiger partial charge on any atom is 0.346 e. The Balaban J connectivity index is 1.65. The molecule has 0 aromatic heterocycles. The molecule has 0 radical (unpaired) electrons. The fourth-order valence-electron chi connectivity index (χ4n) is 2.98. The second kappa shape index (κ2) is 5.13. The fourth-order valence-corrected chi connectivity index (χ4v) is 2.98. The molecule has 0 atom stereocenters. The molecule has 118 valence electrons. The summed E-state index contributed by atoms with van der Waals surface area (Å²) in [4.78, 5) is 49.0. The van der Waals surface area contributed by atoms with Gasteiger partial charge in [0.1, 0.15) is 0 Å². The molecular formula is C18H11NO5. The van der Waals surface area contributed by atoms with Crippen molar-refractivity contribution in [2.75, 3.05) is 0 Å². The van der Waals surface area contributed by atoms with Gasteiger partial charge in [-0.25, -0.2) is 4.79 Å². The van der Waals surface area contributed by atoms with Crippen LogP contribution in [0.25, 0.3) is 0 Å². The van der Waals surface area contributed by atoms with Crippen LogP contribution in [0, 0.1) is 0 Å². The number of hydrogen-bond donors (Lipinski definition) is 0. The van der Waals surface area contributed by atoms with Gasteiger partial charge in [-0.2, -0.15) is 0 Å². The summed E-state index contributed by atoms with van der Waals surface area (Å²) in [5.41, 5.74) is 2.26. The van der Waals surface area contributed by atoms with E-state index < -0.39 is 11.9 Å². The highest BCUT2D eigenvalue weighted by Gasteiger charge is 2.35. The topological polar surface area (TPSA) is 80.8 Å². The van der Waals surface area contributed by atoms with Gasteiger partial charge in [-0.15, -0.1) is 0 Å². The van der Waals surface area contributed by atoms with Gasteiger partial charge in [0.15, 0.2) is 0 Å². The Hall–Kier alpha value is -3.28. The van der Waals surface area contributed by atoms with Crippen molar-refractivity contribution in [1.82, 2.24) is 4.90 Å². The normalized spacial score (nSPS) is 16.1. The van der Waals surface area contributed by atoms with E-state index >= 15 is 0 Å². The number of fused-ring (bicyclic) bond motifs is 2. The number of cyclic esters (lactones) is 2. The van der Waals surface area contributed by atoms with Crippen molar-refractivity contribution >= 4 is 23.8 Å². The van der Waals surface area contributed by atoms with Gasteiger partial charge in [-0.3, -0.25) is 19.3 Å². The molecule has 2 aromatic rings. The molecule has 0 aliphatic carbocycles. The van der Waals surface area contributed by atoms with Crippen LogP contribution in [-0.4, -0.2) is 28.7 Å². The van der Waals surface area contributed by atoms with Crippen molar-refractivity contribution in [2.45, 2.75) is 13.0 Å². The van der Waals surface area contributed by atoms with Gasteiger partial charge in [0.2, 0.25) is 0 Å². The lowest BCUT2D eigenvalue weighted by Crippen LogP contribution is -2.29. The van der Waals surface area contributed by atoms with E-state index in [4.69, 9.17) is 0 Å². The van der Waals surface area contributed by atoms with E-state index in [1.54, 1.807) is 42.5 Å². The predicted molar refractivity (Wildman–Crippen MR) is 81.2 cm³/mol. The van der Waals surface area contributed by atoms with E-state index in [1.807, 2.05) is 0 Å². The van der Waals surface area contributed by atoms with Crippen LogP contribution in [0.15, 0.2) is 42.5 Å². The van der Waals surface area contributed by atoms with Crippen LogP contribution in [0.2, 0.25) is 0 Å². The molecule has 0 unspecified atom stereocenters. The molecule has 2 heterocycles. The zero-order valence-corrected chi connectivity index (χ0v) is 12.4. The van der Waals surface area contributed by atoms with Crippen LogP contribution in [0.3, 0.4) is 0 Å². The quantitative estimate of drug-likeness (QED) is 0.478. The Morgan fingerprint density at radius 3 is 2.21 bits per heavy atom. The van der Waals surface area contributed by atoms with Gasteiger partial charge >= 0.3 is 11.9 Å². The Kier molecular flexibility index (Phi) is 3.06. The summed E-state index contributed by atoms with van der Waals surface area (Å²) < 4.78 is 4.61. The number of amides is 2. The van der Waals surface area contributed by atoms with Crippen LogP contribution in [-0.2, 0) is 22.5 Å². The largest absolute Gasteiger partial charge is 0.389 e. The standard InChI is InChI=1S/C18H11NO5/c20-15-8-11-6-5-10(7-14(11)18(23)24-15)9-19-16(21)12-3-1-2-4-13(12)17(19)22/h1-7H,8-9H2. The lowest BCUT2D eigenvalue weighted by Gasteiger charge is -2.17. The van der Waals surface area contributed by atoms with E-state index in [-0.39, 0.29) is 24.8 Å². The van der Waals surface area contributed by atoms with Gasteiger partial charge in [-0.05, 0) is 29.3 Å². The SMILES string of the molecule is O=C1Cc2ccc(CN3C(=O)c4ccccc4C3=O)cc2C(=O)O1. The van der Waals surface area contributed by atoms with Crippen molar-refractivity contribution < 1.29 is 23.9 Å². The van der Waals surface area contributed by atoms with Crippen molar-refractivity contribution in [2.24, 2.45) is 0 Å². The Morgan fingerprint density at radius 2 is 1.54 bits per heavy atom. The molecule has 0 bridgehead atoms. The highest BCUT2D eigenvalue weighted by Crippen LogP contribution is 2.26. The first-order valence-corrected chi connectivity index (χ1v) is 7.36. The summed E-state index contributed by atoms with van der Waals surface area (Å²) >= 11 is 0. The van der Waals surface area contributed by atoms with Crippen molar-refractivity contribution in [3.8, 4) is 0 Å². The molecule has 2 aromatic carbocycles. The summed E-state index contributed by atoms with van der Waals surface area (Å²) in [5.74, 6) is -2.00. The predicted octanol–water partition coefficient (Wildman–Crippen LogP) is 1.72. The van der Waals surface area contributed by atoms with Gasteiger partial charge in [0.05, 0.1) is 29.7 Å². The Labute approximate surface area is 136 Å². The number of carbonyl (C=O) groups is 4.